The number of rotatable bonds is 7. The quantitative estimate of drug-likeness (QED) is 0.460. The molecule has 0 N–H and O–H groups in total. The molecule has 0 bridgehead atoms. The monoisotopic (exact) mass is 444 g/mol. The molecule has 0 spiro atoms. The second-order valence-electron chi connectivity index (χ2n) is 8.24. The Balaban J connectivity index is 1.92. The third kappa shape index (κ3) is 5.99. The van der Waals surface area contributed by atoms with Crippen molar-refractivity contribution in [3.63, 3.8) is 0 Å². The molecule has 0 aliphatic carbocycles. The zero-order valence-electron chi connectivity index (χ0n) is 17.7. The topological polar surface area (TPSA) is 107 Å². The Labute approximate surface area is 176 Å². The van der Waals surface area contributed by atoms with Gasteiger partial charge in [0.15, 0.2) is 17.7 Å². The number of benzene rings is 1. The van der Waals surface area contributed by atoms with Crippen LogP contribution in [0.15, 0.2) is 30.3 Å². The maximum absolute atomic E-state index is 12.8. The van der Waals surface area contributed by atoms with Crippen molar-refractivity contribution in [2.75, 3.05) is 19.5 Å². The van der Waals surface area contributed by atoms with E-state index in [9.17, 15) is 13.2 Å². The van der Waals surface area contributed by atoms with Crippen molar-refractivity contribution in [1.82, 2.24) is 0 Å². The van der Waals surface area contributed by atoms with Crippen LogP contribution in [-0.4, -0.2) is 69.8 Å². The van der Waals surface area contributed by atoms with E-state index in [1.54, 1.807) is 58.0 Å². The summed E-state index contributed by atoms with van der Waals surface area (Å²) in [7, 11) is -3.93. The van der Waals surface area contributed by atoms with Crippen LogP contribution in [0.3, 0.4) is 0 Å². The molecule has 2 aliphatic heterocycles. The van der Waals surface area contributed by atoms with Crippen LogP contribution in [0, 0.1) is 0 Å². The van der Waals surface area contributed by atoms with Gasteiger partial charge in [-0.1, -0.05) is 18.2 Å². The van der Waals surface area contributed by atoms with Crippen molar-refractivity contribution in [2.24, 2.45) is 0 Å². The van der Waals surface area contributed by atoms with Gasteiger partial charge < -0.3 is 23.7 Å². The van der Waals surface area contributed by atoms with E-state index in [1.807, 2.05) is 0 Å². The lowest BCUT2D eigenvalue weighted by Crippen LogP contribution is -2.51. The normalized spacial score (nSPS) is 27.5. The standard InChI is InChI=1S/C20H28O9S/c1-19(2)24-11-14(27-19)16(26-18(21)13-9-7-6-8-10-13)17(29-30(5,22)23)15-12-25-20(3,4)28-15/h6-10,14-17H,11-12H2,1-5H3. The molecule has 3 rings (SSSR count). The van der Waals surface area contributed by atoms with Crippen LogP contribution in [-0.2, 0) is 38.0 Å². The van der Waals surface area contributed by atoms with Crippen LogP contribution >= 0.6 is 0 Å². The van der Waals surface area contributed by atoms with E-state index < -0.39 is 52.1 Å². The number of esters is 1. The van der Waals surface area contributed by atoms with Crippen molar-refractivity contribution < 1.29 is 41.1 Å². The van der Waals surface area contributed by atoms with E-state index in [0.29, 0.717) is 5.56 Å². The van der Waals surface area contributed by atoms with Gasteiger partial charge in [0, 0.05) is 0 Å². The first-order chi connectivity index (χ1) is 13.9. The average Bonchev–Trinajstić information content (AvgIpc) is 3.19. The fourth-order valence-corrected chi connectivity index (χ4v) is 4.04. The minimum Gasteiger partial charge on any atom is -0.453 e. The third-order valence-electron chi connectivity index (χ3n) is 4.66. The summed E-state index contributed by atoms with van der Waals surface area (Å²) in [5.41, 5.74) is 0.308. The molecule has 0 aromatic heterocycles. The maximum atomic E-state index is 12.8. The second-order valence-corrected chi connectivity index (χ2v) is 9.84. The molecule has 30 heavy (non-hydrogen) atoms. The summed E-state index contributed by atoms with van der Waals surface area (Å²) in [5.74, 6) is -2.51. The lowest BCUT2D eigenvalue weighted by Gasteiger charge is -2.33. The van der Waals surface area contributed by atoms with Crippen LogP contribution < -0.4 is 0 Å². The van der Waals surface area contributed by atoms with E-state index in [2.05, 4.69) is 0 Å². The number of hydrogen-bond donors (Lipinski definition) is 0. The Hall–Kier alpha value is -1.56. The van der Waals surface area contributed by atoms with E-state index in [4.69, 9.17) is 27.9 Å². The molecule has 10 heteroatoms. The van der Waals surface area contributed by atoms with Gasteiger partial charge in [0.1, 0.15) is 18.3 Å². The van der Waals surface area contributed by atoms with E-state index >= 15 is 0 Å². The Morgan fingerprint density at radius 1 is 0.967 bits per heavy atom. The van der Waals surface area contributed by atoms with Crippen LogP contribution in [0.1, 0.15) is 38.1 Å². The van der Waals surface area contributed by atoms with E-state index in [0.717, 1.165) is 6.26 Å². The molecule has 9 nitrogen and oxygen atoms in total. The van der Waals surface area contributed by atoms with Gasteiger partial charge in [-0.2, -0.15) is 8.42 Å². The fraction of sp³-hybridized carbons (Fsp3) is 0.650. The molecule has 2 saturated heterocycles. The van der Waals surface area contributed by atoms with Crippen molar-refractivity contribution >= 4 is 16.1 Å². The number of hydrogen-bond acceptors (Lipinski definition) is 9. The molecular weight excluding hydrogens is 416 g/mol. The molecule has 4 unspecified atom stereocenters. The Kier molecular flexibility index (Phi) is 6.57. The summed E-state index contributed by atoms with van der Waals surface area (Å²) in [5, 5.41) is 0. The third-order valence-corrected chi connectivity index (χ3v) is 5.23. The van der Waals surface area contributed by atoms with Crippen molar-refractivity contribution in [1.29, 1.82) is 0 Å². The molecule has 2 heterocycles. The highest BCUT2D eigenvalue weighted by Crippen LogP contribution is 2.33. The molecular formula is C20H28O9S. The summed E-state index contributed by atoms with van der Waals surface area (Å²) in [6, 6.07) is 8.36. The molecule has 0 amide bonds. The summed E-state index contributed by atoms with van der Waals surface area (Å²) >= 11 is 0. The lowest BCUT2D eigenvalue weighted by atomic mass is 10.0. The van der Waals surface area contributed by atoms with E-state index in [-0.39, 0.29) is 13.2 Å². The van der Waals surface area contributed by atoms with Gasteiger partial charge in [-0.25, -0.2) is 4.79 Å². The molecule has 4 atom stereocenters. The Bertz CT molecular complexity index is 850. The summed E-state index contributed by atoms with van der Waals surface area (Å²) in [4.78, 5) is 12.8. The maximum Gasteiger partial charge on any atom is 0.338 e. The molecule has 168 valence electrons. The van der Waals surface area contributed by atoms with Crippen molar-refractivity contribution in [3.05, 3.63) is 35.9 Å². The summed E-state index contributed by atoms with van der Waals surface area (Å²) < 4.78 is 58.1. The molecule has 2 fully saturated rings. The van der Waals surface area contributed by atoms with Crippen LogP contribution in [0.2, 0.25) is 0 Å². The fourth-order valence-electron chi connectivity index (χ4n) is 3.41. The van der Waals surface area contributed by atoms with Crippen LogP contribution in [0.4, 0.5) is 0 Å². The van der Waals surface area contributed by atoms with Gasteiger partial charge in [-0.3, -0.25) is 4.18 Å². The summed E-state index contributed by atoms with van der Waals surface area (Å²) in [6.07, 6.45) is -2.98. The predicted octanol–water partition coefficient (Wildman–Crippen LogP) is 1.86. The van der Waals surface area contributed by atoms with Gasteiger partial charge in [-0.05, 0) is 39.8 Å². The molecule has 0 radical (unpaired) electrons. The molecule has 1 aromatic rings. The lowest BCUT2D eigenvalue weighted by molar-refractivity contribution is -0.179. The second kappa shape index (κ2) is 8.52. The highest BCUT2D eigenvalue weighted by molar-refractivity contribution is 7.86. The zero-order valence-corrected chi connectivity index (χ0v) is 18.5. The van der Waals surface area contributed by atoms with Gasteiger partial charge in [0.05, 0.1) is 25.0 Å². The first kappa shape index (κ1) is 23.1. The van der Waals surface area contributed by atoms with Crippen molar-refractivity contribution in [3.8, 4) is 0 Å². The predicted molar refractivity (Wildman–Crippen MR) is 105 cm³/mol. The minimum atomic E-state index is -3.93. The van der Waals surface area contributed by atoms with Gasteiger partial charge in [0.2, 0.25) is 0 Å². The highest BCUT2D eigenvalue weighted by atomic mass is 32.2. The number of carbonyl (C=O) groups excluding carboxylic acids is 1. The van der Waals surface area contributed by atoms with Crippen LogP contribution in [0.25, 0.3) is 0 Å². The number of ether oxygens (including phenoxy) is 5. The van der Waals surface area contributed by atoms with E-state index in [1.165, 1.54) is 0 Å². The largest absolute Gasteiger partial charge is 0.453 e. The van der Waals surface area contributed by atoms with Gasteiger partial charge in [0.25, 0.3) is 10.1 Å². The Morgan fingerprint density at radius 2 is 1.47 bits per heavy atom. The molecule has 2 aliphatic rings. The molecule has 0 saturated carbocycles. The highest BCUT2D eigenvalue weighted by Gasteiger charge is 2.50. The SMILES string of the molecule is CC1(C)OCC(C(OC(=O)c2ccccc2)C(OS(C)(=O)=O)C2COC(C)(C)O2)O1. The molecule has 1 aromatic carbocycles. The average molecular weight is 445 g/mol. The number of carbonyl (C=O) groups is 1. The van der Waals surface area contributed by atoms with Crippen LogP contribution in [0.5, 0.6) is 0 Å². The first-order valence-corrected chi connectivity index (χ1v) is 11.4. The minimum absolute atomic E-state index is 0.0591. The van der Waals surface area contributed by atoms with Gasteiger partial charge in [-0.15, -0.1) is 0 Å². The Morgan fingerprint density at radius 3 is 1.90 bits per heavy atom. The van der Waals surface area contributed by atoms with Crippen molar-refractivity contribution in [2.45, 2.75) is 63.7 Å². The first-order valence-electron chi connectivity index (χ1n) is 9.63. The smallest absolute Gasteiger partial charge is 0.338 e. The van der Waals surface area contributed by atoms with Gasteiger partial charge >= 0.3 is 5.97 Å². The zero-order chi connectivity index (χ0) is 22.2. The summed E-state index contributed by atoms with van der Waals surface area (Å²) in [6.45, 7) is 6.98.